The standard InChI is InChI=1S/C9H8F2N4O3S/c10-8(11)18-4-1-2-19-6(4)7(16)12-3-5-13-9(17)15-14-5/h1-2,8H,3H2,(H,12,16)(H2,13,14,15,17). The maximum Gasteiger partial charge on any atom is 0.387 e. The molecule has 0 saturated carbocycles. The largest absolute Gasteiger partial charge is 0.433 e. The summed E-state index contributed by atoms with van der Waals surface area (Å²) in [6, 6.07) is 1.28. The second kappa shape index (κ2) is 5.61. The first-order valence-electron chi connectivity index (χ1n) is 5.00. The summed E-state index contributed by atoms with van der Waals surface area (Å²) in [5, 5.41) is 9.60. The van der Waals surface area contributed by atoms with Crippen LogP contribution in [0.25, 0.3) is 0 Å². The van der Waals surface area contributed by atoms with Crippen molar-refractivity contribution in [2.45, 2.75) is 13.2 Å². The minimum atomic E-state index is -3.00. The highest BCUT2D eigenvalue weighted by atomic mass is 32.1. The Morgan fingerprint density at radius 2 is 2.37 bits per heavy atom. The average molecular weight is 290 g/mol. The number of nitrogens with one attached hydrogen (secondary N) is 3. The number of amides is 1. The maximum atomic E-state index is 12.1. The minimum Gasteiger partial charge on any atom is -0.433 e. The molecule has 10 heteroatoms. The highest BCUT2D eigenvalue weighted by Crippen LogP contribution is 2.26. The van der Waals surface area contributed by atoms with Crippen LogP contribution in [0.4, 0.5) is 8.78 Å². The summed E-state index contributed by atoms with van der Waals surface area (Å²) in [5.74, 6) is -0.547. The molecule has 0 aliphatic heterocycles. The van der Waals surface area contributed by atoms with Crippen LogP contribution >= 0.6 is 11.3 Å². The fraction of sp³-hybridized carbons (Fsp3) is 0.222. The molecule has 2 aromatic heterocycles. The number of aromatic nitrogens is 3. The third-order valence-electron chi connectivity index (χ3n) is 2.02. The molecule has 0 aliphatic rings. The van der Waals surface area contributed by atoms with Crippen LogP contribution in [0.1, 0.15) is 15.5 Å². The fourth-order valence-corrected chi connectivity index (χ4v) is 2.02. The average Bonchev–Trinajstić information content (AvgIpc) is 2.94. The van der Waals surface area contributed by atoms with Crippen molar-refractivity contribution < 1.29 is 18.3 Å². The van der Waals surface area contributed by atoms with Crippen LogP contribution in [0.5, 0.6) is 5.75 Å². The molecule has 0 unspecified atom stereocenters. The summed E-state index contributed by atoms with van der Waals surface area (Å²) in [6.07, 6.45) is 0. The molecule has 0 aromatic carbocycles. The predicted octanol–water partition coefficient (Wildman–Crippen LogP) is 0.691. The van der Waals surface area contributed by atoms with E-state index in [4.69, 9.17) is 0 Å². The van der Waals surface area contributed by atoms with E-state index in [0.717, 1.165) is 11.3 Å². The van der Waals surface area contributed by atoms with Crippen LogP contribution in [0.15, 0.2) is 16.2 Å². The zero-order valence-corrected chi connectivity index (χ0v) is 10.1. The van der Waals surface area contributed by atoms with Crippen molar-refractivity contribution in [3.8, 4) is 5.75 Å². The Morgan fingerprint density at radius 1 is 1.58 bits per heavy atom. The Morgan fingerprint density at radius 3 is 3.00 bits per heavy atom. The molecule has 0 fully saturated rings. The number of hydrogen-bond acceptors (Lipinski definition) is 5. The Kier molecular flexibility index (Phi) is 3.90. The molecule has 0 bridgehead atoms. The second-order valence-corrected chi connectivity index (χ2v) is 4.22. The molecular weight excluding hydrogens is 282 g/mol. The lowest BCUT2D eigenvalue weighted by molar-refractivity contribution is -0.0498. The quantitative estimate of drug-likeness (QED) is 0.754. The number of carbonyl (C=O) groups excluding carboxylic acids is 1. The number of rotatable bonds is 5. The first-order chi connectivity index (χ1) is 9.06. The van der Waals surface area contributed by atoms with Gasteiger partial charge in [-0.05, 0) is 11.4 Å². The Balaban J connectivity index is 2.00. The first-order valence-corrected chi connectivity index (χ1v) is 5.88. The topological polar surface area (TPSA) is 99.9 Å². The highest BCUT2D eigenvalue weighted by molar-refractivity contribution is 7.12. The second-order valence-electron chi connectivity index (χ2n) is 3.30. The van der Waals surface area contributed by atoms with Crippen LogP contribution in [0.3, 0.4) is 0 Å². The highest BCUT2D eigenvalue weighted by Gasteiger charge is 2.17. The summed E-state index contributed by atoms with van der Waals surface area (Å²) in [4.78, 5) is 24.8. The van der Waals surface area contributed by atoms with Crippen LogP contribution in [0.2, 0.25) is 0 Å². The van der Waals surface area contributed by atoms with Gasteiger partial charge >= 0.3 is 12.3 Å². The molecule has 0 spiro atoms. The molecule has 0 atom stereocenters. The summed E-state index contributed by atoms with van der Waals surface area (Å²) in [7, 11) is 0. The summed E-state index contributed by atoms with van der Waals surface area (Å²) in [5.41, 5.74) is -0.498. The molecule has 0 radical (unpaired) electrons. The SMILES string of the molecule is O=C(NCc1n[nH]c(=O)[nH]1)c1sccc1OC(F)F. The van der Waals surface area contributed by atoms with Gasteiger partial charge in [-0.15, -0.1) is 11.3 Å². The number of ether oxygens (including phenoxy) is 1. The lowest BCUT2D eigenvalue weighted by Crippen LogP contribution is -2.23. The Labute approximate surface area is 108 Å². The monoisotopic (exact) mass is 290 g/mol. The van der Waals surface area contributed by atoms with E-state index in [2.05, 4.69) is 25.2 Å². The van der Waals surface area contributed by atoms with Gasteiger partial charge in [-0.25, -0.2) is 9.89 Å². The Bertz CT molecular complexity index is 621. The van der Waals surface area contributed by atoms with Gasteiger partial charge in [-0.2, -0.15) is 13.9 Å². The van der Waals surface area contributed by atoms with E-state index < -0.39 is 18.2 Å². The third-order valence-corrected chi connectivity index (χ3v) is 2.91. The summed E-state index contributed by atoms with van der Waals surface area (Å²) < 4.78 is 28.4. The third kappa shape index (κ3) is 3.37. The number of nitrogens with zero attached hydrogens (tertiary/aromatic N) is 1. The zero-order valence-electron chi connectivity index (χ0n) is 9.28. The molecule has 2 heterocycles. The van der Waals surface area contributed by atoms with Gasteiger partial charge in [0.2, 0.25) is 0 Å². The van der Waals surface area contributed by atoms with Crippen LogP contribution in [-0.4, -0.2) is 27.7 Å². The summed E-state index contributed by atoms with van der Waals surface area (Å²) >= 11 is 0.969. The van der Waals surface area contributed by atoms with Crippen molar-refractivity contribution in [1.29, 1.82) is 0 Å². The van der Waals surface area contributed by atoms with Gasteiger partial charge in [-0.1, -0.05) is 0 Å². The number of H-pyrrole nitrogens is 2. The number of halogens is 2. The summed E-state index contributed by atoms with van der Waals surface area (Å²) in [6.45, 7) is -3.03. The van der Waals surface area contributed by atoms with Gasteiger partial charge in [0.1, 0.15) is 16.5 Å². The molecule has 1 amide bonds. The number of aromatic amines is 2. The molecule has 0 aliphatic carbocycles. The van der Waals surface area contributed by atoms with Gasteiger partial charge in [0, 0.05) is 0 Å². The van der Waals surface area contributed by atoms with Crippen molar-refractivity contribution in [2.75, 3.05) is 0 Å². The van der Waals surface area contributed by atoms with E-state index in [9.17, 15) is 18.4 Å². The molecule has 2 rings (SSSR count). The van der Waals surface area contributed by atoms with Crippen molar-refractivity contribution in [3.63, 3.8) is 0 Å². The smallest absolute Gasteiger partial charge is 0.387 e. The molecular formula is C9H8F2N4O3S. The molecule has 2 aromatic rings. The van der Waals surface area contributed by atoms with E-state index in [-0.39, 0.29) is 23.0 Å². The maximum absolute atomic E-state index is 12.1. The molecule has 7 nitrogen and oxygen atoms in total. The Hall–Kier alpha value is -2.23. The van der Waals surface area contributed by atoms with Crippen molar-refractivity contribution in [3.05, 3.63) is 32.6 Å². The van der Waals surface area contributed by atoms with Gasteiger partial charge in [0.15, 0.2) is 0 Å². The number of carbonyl (C=O) groups is 1. The van der Waals surface area contributed by atoms with E-state index in [1.807, 2.05) is 0 Å². The lowest BCUT2D eigenvalue weighted by Gasteiger charge is -2.05. The van der Waals surface area contributed by atoms with E-state index in [1.165, 1.54) is 11.4 Å². The molecule has 0 saturated heterocycles. The molecule has 19 heavy (non-hydrogen) atoms. The van der Waals surface area contributed by atoms with Crippen LogP contribution in [-0.2, 0) is 6.54 Å². The van der Waals surface area contributed by atoms with E-state index in [0.29, 0.717) is 0 Å². The van der Waals surface area contributed by atoms with Gasteiger partial charge in [-0.3, -0.25) is 9.78 Å². The predicted molar refractivity (Wildman–Crippen MR) is 61.3 cm³/mol. The normalized spacial score (nSPS) is 10.7. The van der Waals surface area contributed by atoms with Gasteiger partial charge in [0.05, 0.1) is 6.54 Å². The van der Waals surface area contributed by atoms with E-state index in [1.54, 1.807) is 0 Å². The molecule has 3 N–H and O–H groups in total. The van der Waals surface area contributed by atoms with E-state index >= 15 is 0 Å². The van der Waals surface area contributed by atoms with Crippen molar-refractivity contribution in [1.82, 2.24) is 20.5 Å². The lowest BCUT2D eigenvalue weighted by atomic mass is 10.4. The minimum absolute atomic E-state index is 0.0261. The number of thiophene rings is 1. The van der Waals surface area contributed by atoms with Crippen molar-refractivity contribution in [2.24, 2.45) is 0 Å². The van der Waals surface area contributed by atoms with Gasteiger partial charge in [0.25, 0.3) is 5.91 Å². The number of alkyl halides is 2. The first kappa shape index (κ1) is 13.2. The van der Waals surface area contributed by atoms with Crippen LogP contribution in [0, 0.1) is 0 Å². The number of hydrogen-bond donors (Lipinski definition) is 3. The fourth-order valence-electron chi connectivity index (χ4n) is 1.29. The van der Waals surface area contributed by atoms with Crippen molar-refractivity contribution >= 4 is 17.2 Å². The van der Waals surface area contributed by atoms with Crippen LogP contribution < -0.4 is 15.7 Å². The van der Waals surface area contributed by atoms with Gasteiger partial charge < -0.3 is 10.1 Å². The zero-order chi connectivity index (χ0) is 13.8. The molecule has 102 valence electrons.